The molecule has 0 aromatic heterocycles. The van der Waals surface area contributed by atoms with E-state index in [9.17, 15) is 22.0 Å². The lowest BCUT2D eigenvalue weighted by molar-refractivity contribution is -0.175. The van der Waals surface area contributed by atoms with Crippen molar-refractivity contribution in [2.45, 2.75) is 80.1 Å². The van der Waals surface area contributed by atoms with Crippen LogP contribution in [0.15, 0.2) is 41.3 Å². The summed E-state index contributed by atoms with van der Waals surface area (Å²) in [4.78, 5) is 13.4. The van der Waals surface area contributed by atoms with Crippen LogP contribution in [0.3, 0.4) is 0 Å². The lowest BCUT2D eigenvalue weighted by atomic mass is 9.46. The molecule has 224 valence electrons. The highest BCUT2D eigenvalue weighted by molar-refractivity contribution is 7.98. The molecular formula is C31H39F2O6S2+. The van der Waals surface area contributed by atoms with E-state index in [1.54, 1.807) is 0 Å². The van der Waals surface area contributed by atoms with Gasteiger partial charge in [-0.1, -0.05) is 31.5 Å². The summed E-state index contributed by atoms with van der Waals surface area (Å²) in [6.07, 6.45) is 9.19. The van der Waals surface area contributed by atoms with E-state index in [0.29, 0.717) is 35.5 Å². The van der Waals surface area contributed by atoms with E-state index in [-0.39, 0.29) is 22.9 Å². The summed E-state index contributed by atoms with van der Waals surface area (Å²) in [6.45, 7) is 2.66. The van der Waals surface area contributed by atoms with Crippen LogP contribution in [0.1, 0.15) is 64.7 Å². The molecule has 4 atom stereocenters. The lowest BCUT2D eigenvalue weighted by Crippen LogP contribution is -2.56. The molecule has 5 fully saturated rings. The maximum atomic E-state index is 13.8. The highest BCUT2D eigenvalue weighted by atomic mass is 32.2. The minimum Gasteiger partial charge on any atom is -0.493 e. The summed E-state index contributed by atoms with van der Waals surface area (Å²) in [6, 6.07) is 13.0. The predicted octanol–water partition coefficient (Wildman–Crippen LogP) is 6.62. The van der Waals surface area contributed by atoms with Crippen LogP contribution in [-0.4, -0.2) is 48.4 Å². The van der Waals surface area contributed by atoms with Gasteiger partial charge in [-0.2, -0.15) is 17.2 Å². The van der Waals surface area contributed by atoms with Crippen molar-refractivity contribution in [3.8, 4) is 5.75 Å². The van der Waals surface area contributed by atoms with Crippen molar-refractivity contribution < 1.29 is 36.0 Å². The number of hydrogen-bond acceptors (Lipinski definition) is 5. The first-order valence-electron chi connectivity index (χ1n) is 14.9. The zero-order valence-corrected chi connectivity index (χ0v) is 25.0. The Kier molecular flexibility index (Phi) is 7.81. The fraction of sp³-hybridized carbons (Fsp3) is 0.645. The molecule has 1 aliphatic heterocycles. The average molecular weight is 610 g/mol. The molecule has 1 saturated heterocycles. The molecule has 7 rings (SSSR count). The van der Waals surface area contributed by atoms with Crippen LogP contribution in [0.25, 0.3) is 10.8 Å². The third kappa shape index (κ3) is 5.26. The molecule has 4 unspecified atom stereocenters. The van der Waals surface area contributed by atoms with Crippen LogP contribution < -0.4 is 4.74 Å². The molecule has 0 amide bonds. The zero-order valence-electron chi connectivity index (χ0n) is 23.4. The van der Waals surface area contributed by atoms with Gasteiger partial charge in [0.25, 0.3) is 0 Å². The summed E-state index contributed by atoms with van der Waals surface area (Å²) in [5.41, 5.74) is -0.390. The average Bonchev–Trinajstić information content (AvgIpc) is 3.40. The molecule has 6 nitrogen and oxygen atoms in total. The van der Waals surface area contributed by atoms with Crippen molar-refractivity contribution >= 4 is 37.8 Å². The second kappa shape index (κ2) is 11.0. The van der Waals surface area contributed by atoms with E-state index >= 15 is 0 Å². The first-order chi connectivity index (χ1) is 19.5. The highest BCUT2D eigenvalue weighted by Gasteiger charge is 2.62. The maximum Gasteiger partial charge on any atom is 0.465 e. The monoisotopic (exact) mass is 609 g/mol. The van der Waals surface area contributed by atoms with E-state index in [0.717, 1.165) is 50.7 Å². The summed E-state index contributed by atoms with van der Waals surface area (Å²) in [7, 11) is -5.77. The molecule has 4 aliphatic carbocycles. The van der Waals surface area contributed by atoms with Crippen molar-refractivity contribution in [2.75, 3.05) is 19.0 Å². The lowest BCUT2D eigenvalue weighted by Gasteiger charge is -2.60. The number of rotatable bonds is 10. The number of halogens is 2. The van der Waals surface area contributed by atoms with Gasteiger partial charge in [-0.3, -0.25) is 4.55 Å². The van der Waals surface area contributed by atoms with Crippen molar-refractivity contribution in [1.29, 1.82) is 0 Å². The standard InChI is InChI=1S/C31H38F2O6S2/c1-2-3-12-38-25-10-11-26(24-8-5-4-7-23(24)25)40-13-6-9-27(40)28-21-14-20-15-22(28)18-30(16-20,17-21)19-39-29(34)31(32,33)41(35,36)37/h4-5,7-8,10-11,20-22,27-28H,2-3,6,9,12-19H2,1H3/p+1. The fourth-order valence-corrected chi connectivity index (χ4v) is 12.3. The molecule has 0 spiro atoms. The first-order valence-corrected chi connectivity index (χ1v) is 17.8. The summed E-state index contributed by atoms with van der Waals surface area (Å²) in [5, 5.41) is -1.92. The Bertz CT molecular complexity index is 1400. The summed E-state index contributed by atoms with van der Waals surface area (Å²) < 4.78 is 69.6. The van der Waals surface area contributed by atoms with E-state index in [1.165, 1.54) is 34.3 Å². The Labute approximate surface area is 243 Å². The Morgan fingerprint density at radius 3 is 2.49 bits per heavy atom. The normalized spacial score (nSPS) is 32.9. The van der Waals surface area contributed by atoms with Crippen LogP contribution in [-0.2, 0) is 30.5 Å². The quantitative estimate of drug-likeness (QED) is 0.141. The number of hydrogen-bond donors (Lipinski definition) is 1. The zero-order chi connectivity index (χ0) is 29.0. The fourth-order valence-electron chi connectivity index (χ4n) is 8.74. The number of alkyl halides is 2. The van der Waals surface area contributed by atoms with Crippen molar-refractivity contribution in [3.63, 3.8) is 0 Å². The van der Waals surface area contributed by atoms with Crippen molar-refractivity contribution in [2.24, 2.45) is 29.1 Å². The highest BCUT2D eigenvalue weighted by Crippen LogP contribution is 2.64. The number of esters is 1. The molecule has 1 heterocycles. The third-order valence-corrected chi connectivity index (χ3v) is 13.8. The Morgan fingerprint density at radius 2 is 1.80 bits per heavy atom. The molecule has 4 bridgehead atoms. The number of carbonyl (C=O) groups excluding carboxylic acids is 1. The van der Waals surface area contributed by atoms with Gasteiger partial charge in [0.15, 0.2) is 4.90 Å². The van der Waals surface area contributed by atoms with Crippen LogP contribution in [0, 0.1) is 29.1 Å². The van der Waals surface area contributed by atoms with Gasteiger partial charge in [-0.15, -0.1) is 0 Å². The van der Waals surface area contributed by atoms with Gasteiger partial charge >= 0.3 is 21.3 Å². The van der Waals surface area contributed by atoms with Gasteiger partial charge in [0.05, 0.1) is 13.2 Å². The molecule has 2 aromatic rings. The Hall–Kier alpha value is -1.91. The van der Waals surface area contributed by atoms with E-state index < -0.39 is 21.3 Å². The van der Waals surface area contributed by atoms with Crippen molar-refractivity contribution in [1.82, 2.24) is 0 Å². The number of carbonyl (C=O) groups is 1. The Balaban J connectivity index is 1.22. The van der Waals surface area contributed by atoms with Gasteiger partial charge in [0.2, 0.25) is 0 Å². The van der Waals surface area contributed by atoms with Crippen LogP contribution in [0.2, 0.25) is 0 Å². The van der Waals surface area contributed by atoms with Crippen LogP contribution >= 0.6 is 0 Å². The smallest absolute Gasteiger partial charge is 0.465 e. The molecule has 2 aromatic carbocycles. The van der Waals surface area contributed by atoms with E-state index in [2.05, 4.69) is 43.3 Å². The van der Waals surface area contributed by atoms with Gasteiger partial charge in [-0.25, -0.2) is 4.79 Å². The van der Waals surface area contributed by atoms with Crippen molar-refractivity contribution in [3.05, 3.63) is 36.4 Å². The molecule has 4 saturated carbocycles. The first kappa shape index (κ1) is 29.2. The maximum absolute atomic E-state index is 13.8. The van der Waals surface area contributed by atoms with Gasteiger partial charge in [-0.05, 0) is 80.9 Å². The van der Waals surface area contributed by atoms with Gasteiger partial charge in [0.1, 0.15) is 16.8 Å². The predicted molar refractivity (Wildman–Crippen MR) is 155 cm³/mol. The molecule has 0 radical (unpaired) electrons. The largest absolute Gasteiger partial charge is 0.493 e. The summed E-state index contributed by atoms with van der Waals surface area (Å²) >= 11 is 0. The van der Waals surface area contributed by atoms with Crippen LogP contribution in [0.4, 0.5) is 8.78 Å². The number of benzene rings is 2. The SMILES string of the molecule is CCCCOc1ccc([S+]2CCCC2C2C3CC4CC2CC(COC(=O)C(F)(F)S(=O)(=O)O)(C4)C3)c2ccccc12. The molecule has 1 N–H and O–H groups in total. The van der Waals surface area contributed by atoms with Gasteiger partial charge < -0.3 is 9.47 Å². The third-order valence-electron chi connectivity index (χ3n) is 10.1. The molecule has 10 heteroatoms. The van der Waals surface area contributed by atoms with Crippen LogP contribution in [0.5, 0.6) is 5.75 Å². The Morgan fingerprint density at radius 1 is 1.10 bits per heavy atom. The second-order valence-electron chi connectivity index (χ2n) is 12.7. The molecule has 41 heavy (non-hydrogen) atoms. The number of fused-ring (bicyclic) bond motifs is 1. The minimum absolute atomic E-state index is 0.0973. The van der Waals surface area contributed by atoms with E-state index in [1.807, 2.05) is 0 Å². The number of ether oxygens (including phenoxy) is 2. The molecule has 5 aliphatic rings. The van der Waals surface area contributed by atoms with E-state index in [4.69, 9.17) is 14.0 Å². The topological polar surface area (TPSA) is 89.9 Å². The summed E-state index contributed by atoms with van der Waals surface area (Å²) in [5.74, 6) is 1.87. The van der Waals surface area contributed by atoms with Gasteiger partial charge in [0, 0.05) is 39.4 Å². The number of unbranched alkanes of at least 4 members (excludes halogenated alkanes) is 1. The second-order valence-corrected chi connectivity index (χ2v) is 16.5. The molecular weight excluding hydrogens is 570 g/mol. The minimum atomic E-state index is -5.87.